The molecule has 0 heterocycles. The molecule has 0 bridgehead atoms. The van der Waals surface area contributed by atoms with Crippen molar-refractivity contribution in [1.82, 2.24) is 10.6 Å². The van der Waals surface area contributed by atoms with Gasteiger partial charge in [0.2, 0.25) is 5.91 Å². The highest BCUT2D eigenvalue weighted by Gasteiger charge is 2.32. The SMILES string of the molecule is CCC(C)(NC(=O)CCNC(=O)c1ccc(Br)cc1)C(=O)O. The van der Waals surface area contributed by atoms with Crippen LogP contribution in [0.1, 0.15) is 37.0 Å². The quantitative estimate of drug-likeness (QED) is 0.683. The first-order chi connectivity index (χ1) is 10.3. The second-order valence-corrected chi connectivity index (χ2v) is 5.97. The van der Waals surface area contributed by atoms with Crippen molar-refractivity contribution >= 4 is 33.7 Å². The number of carbonyl (C=O) groups is 3. The highest BCUT2D eigenvalue weighted by atomic mass is 79.9. The van der Waals surface area contributed by atoms with Gasteiger partial charge in [-0.15, -0.1) is 0 Å². The predicted molar refractivity (Wildman–Crippen MR) is 85.6 cm³/mol. The van der Waals surface area contributed by atoms with Crippen LogP contribution in [-0.4, -0.2) is 35.0 Å². The number of aliphatic carboxylic acids is 1. The zero-order valence-electron chi connectivity index (χ0n) is 12.5. The number of carboxylic acid groups (broad SMARTS) is 1. The van der Waals surface area contributed by atoms with E-state index in [1.54, 1.807) is 31.2 Å². The van der Waals surface area contributed by atoms with Crippen LogP contribution >= 0.6 is 15.9 Å². The van der Waals surface area contributed by atoms with Crippen molar-refractivity contribution in [1.29, 1.82) is 0 Å². The third-order valence-corrected chi connectivity index (χ3v) is 3.87. The number of hydrogen-bond donors (Lipinski definition) is 3. The van der Waals surface area contributed by atoms with Gasteiger partial charge in [-0.05, 0) is 37.6 Å². The molecule has 0 aliphatic carbocycles. The summed E-state index contributed by atoms with van der Waals surface area (Å²) in [6.07, 6.45) is 0.296. The first-order valence-corrected chi connectivity index (χ1v) is 7.66. The van der Waals surface area contributed by atoms with Crippen LogP contribution in [-0.2, 0) is 9.59 Å². The van der Waals surface area contributed by atoms with E-state index in [1.165, 1.54) is 6.92 Å². The van der Waals surface area contributed by atoms with Gasteiger partial charge < -0.3 is 15.7 Å². The Morgan fingerprint density at radius 3 is 2.32 bits per heavy atom. The topological polar surface area (TPSA) is 95.5 Å². The van der Waals surface area contributed by atoms with E-state index in [2.05, 4.69) is 26.6 Å². The van der Waals surface area contributed by atoms with Gasteiger partial charge in [0.25, 0.3) is 5.91 Å². The van der Waals surface area contributed by atoms with E-state index < -0.39 is 17.4 Å². The number of rotatable bonds is 7. The van der Waals surface area contributed by atoms with Crippen LogP contribution in [0.5, 0.6) is 0 Å². The van der Waals surface area contributed by atoms with Gasteiger partial charge in [-0.3, -0.25) is 9.59 Å². The molecule has 0 aromatic heterocycles. The number of hydrogen-bond acceptors (Lipinski definition) is 3. The molecule has 0 radical (unpaired) electrons. The summed E-state index contributed by atoms with van der Waals surface area (Å²) < 4.78 is 0.871. The van der Waals surface area contributed by atoms with Crippen molar-refractivity contribution in [3.63, 3.8) is 0 Å². The maximum atomic E-state index is 11.8. The molecule has 1 rings (SSSR count). The summed E-state index contributed by atoms with van der Waals surface area (Å²) in [7, 11) is 0. The van der Waals surface area contributed by atoms with Gasteiger partial charge in [0.15, 0.2) is 0 Å². The molecular formula is C15H19BrN2O4. The minimum Gasteiger partial charge on any atom is -0.480 e. The molecule has 0 aliphatic rings. The summed E-state index contributed by atoms with van der Waals surface area (Å²) in [6.45, 7) is 3.28. The molecule has 120 valence electrons. The molecule has 0 fully saturated rings. The van der Waals surface area contributed by atoms with Crippen LogP contribution in [0.25, 0.3) is 0 Å². The molecule has 0 saturated carbocycles. The number of nitrogens with one attached hydrogen (secondary N) is 2. The average molecular weight is 371 g/mol. The summed E-state index contributed by atoms with van der Waals surface area (Å²) in [5.41, 5.74) is -0.792. The Morgan fingerprint density at radius 1 is 1.23 bits per heavy atom. The lowest BCUT2D eigenvalue weighted by atomic mass is 9.99. The van der Waals surface area contributed by atoms with Crippen molar-refractivity contribution in [2.24, 2.45) is 0 Å². The van der Waals surface area contributed by atoms with Crippen LogP contribution in [0.2, 0.25) is 0 Å². The first kappa shape index (κ1) is 18.2. The molecule has 1 aromatic rings. The molecule has 22 heavy (non-hydrogen) atoms. The summed E-state index contributed by atoms with van der Waals surface area (Å²) in [6, 6.07) is 6.83. The minimum absolute atomic E-state index is 0.0190. The number of carbonyl (C=O) groups excluding carboxylic acids is 2. The lowest BCUT2D eigenvalue weighted by molar-refractivity contribution is -0.147. The molecule has 0 spiro atoms. The fourth-order valence-electron chi connectivity index (χ4n) is 1.66. The number of carboxylic acids is 1. The molecule has 0 aliphatic heterocycles. The molecule has 0 saturated heterocycles. The van der Waals surface area contributed by atoms with E-state index in [9.17, 15) is 14.4 Å². The Balaban J connectivity index is 2.43. The Labute approximate surface area is 137 Å². The van der Waals surface area contributed by atoms with E-state index in [-0.39, 0.29) is 25.3 Å². The second-order valence-electron chi connectivity index (χ2n) is 5.05. The smallest absolute Gasteiger partial charge is 0.329 e. The third kappa shape index (κ3) is 5.14. The Morgan fingerprint density at radius 2 is 1.82 bits per heavy atom. The fourth-order valence-corrected chi connectivity index (χ4v) is 1.92. The molecule has 1 aromatic carbocycles. The minimum atomic E-state index is -1.28. The van der Waals surface area contributed by atoms with Gasteiger partial charge in [-0.1, -0.05) is 22.9 Å². The van der Waals surface area contributed by atoms with Crippen LogP contribution in [0.4, 0.5) is 0 Å². The van der Waals surface area contributed by atoms with Gasteiger partial charge in [0.05, 0.1) is 0 Å². The van der Waals surface area contributed by atoms with Crippen LogP contribution in [0.15, 0.2) is 28.7 Å². The van der Waals surface area contributed by atoms with Crippen molar-refractivity contribution < 1.29 is 19.5 Å². The highest BCUT2D eigenvalue weighted by Crippen LogP contribution is 2.11. The van der Waals surface area contributed by atoms with E-state index in [4.69, 9.17) is 5.11 Å². The van der Waals surface area contributed by atoms with Gasteiger partial charge >= 0.3 is 5.97 Å². The fraction of sp³-hybridized carbons (Fsp3) is 0.400. The summed E-state index contributed by atoms with van der Waals surface area (Å²) in [5.74, 6) is -1.78. The first-order valence-electron chi connectivity index (χ1n) is 6.86. The van der Waals surface area contributed by atoms with Crippen LogP contribution in [0, 0.1) is 0 Å². The molecule has 3 N–H and O–H groups in total. The lowest BCUT2D eigenvalue weighted by Crippen LogP contribution is -2.52. The Hall–Kier alpha value is -1.89. The average Bonchev–Trinajstić information content (AvgIpc) is 2.47. The van der Waals surface area contributed by atoms with Gasteiger partial charge in [0, 0.05) is 23.0 Å². The van der Waals surface area contributed by atoms with E-state index in [1.807, 2.05) is 0 Å². The summed E-state index contributed by atoms with van der Waals surface area (Å²) in [5, 5.41) is 14.2. The van der Waals surface area contributed by atoms with Crippen molar-refractivity contribution in [2.75, 3.05) is 6.54 Å². The van der Waals surface area contributed by atoms with Crippen LogP contribution < -0.4 is 10.6 Å². The highest BCUT2D eigenvalue weighted by molar-refractivity contribution is 9.10. The zero-order valence-corrected chi connectivity index (χ0v) is 14.1. The molecule has 7 heteroatoms. The predicted octanol–water partition coefficient (Wildman–Crippen LogP) is 1.94. The number of benzene rings is 1. The van der Waals surface area contributed by atoms with E-state index in [0.29, 0.717) is 5.56 Å². The van der Waals surface area contributed by atoms with Gasteiger partial charge in [-0.25, -0.2) is 4.79 Å². The van der Waals surface area contributed by atoms with E-state index in [0.717, 1.165) is 4.47 Å². The normalized spacial score (nSPS) is 13.0. The van der Waals surface area contributed by atoms with Crippen molar-refractivity contribution in [3.8, 4) is 0 Å². The zero-order chi connectivity index (χ0) is 16.8. The van der Waals surface area contributed by atoms with Crippen LogP contribution in [0.3, 0.4) is 0 Å². The second kappa shape index (κ2) is 7.93. The van der Waals surface area contributed by atoms with Crippen molar-refractivity contribution in [3.05, 3.63) is 34.3 Å². The van der Waals surface area contributed by atoms with Gasteiger partial charge in [0.1, 0.15) is 5.54 Å². The third-order valence-electron chi connectivity index (χ3n) is 3.34. The monoisotopic (exact) mass is 370 g/mol. The Bertz CT molecular complexity index is 559. The van der Waals surface area contributed by atoms with E-state index >= 15 is 0 Å². The largest absolute Gasteiger partial charge is 0.480 e. The summed E-state index contributed by atoms with van der Waals surface area (Å²) in [4.78, 5) is 34.7. The maximum absolute atomic E-state index is 11.8. The standard InChI is InChI=1S/C15H19BrN2O4/c1-3-15(2,14(21)22)18-12(19)8-9-17-13(20)10-4-6-11(16)7-5-10/h4-7H,3,8-9H2,1-2H3,(H,17,20)(H,18,19)(H,21,22). The molecular weight excluding hydrogens is 352 g/mol. The molecule has 2 amide bonds. The Kier molecular flexibility index (Phi) is 6.55. The van der Waals surface area contributed by atoms with Gasteiger partial charge in [-0.2, -0.15) is 0 Å². The molecule has 1 atom stereocenters. The molecule has 1 unspecified atom stereocenters. The number of halogens is 1. The number of amides is 2. The lowest BCUT2D eigenvalue weighted by Gasteiger charge is -2.24. The summed E-state index contributed by atoms with van der Waals surface area (Å²) >= 11 is 3.28. The molecule has 6 nitrogen and oxygen atoms in total. The maximum Gasteiger partial charge on any atom is 0.329 e. The van der Waals surface area contributed by atoms with Crippen molar-refractivity contribution in [2.45, 2.75) is 32.2 Å².